The van der Waals surface area contributed by atoms with Crippen LogP contribution in [0.5, 0.6) is 0 Å². The minimum atomic E-state index is -0.298. The van der Waals surface area contributed by atoms with Crippen LogP contribution in [0.4, 0.5) is 15.8 Å². The second-order valence-corrected chi connectivity index (χ2v) is 8.38. The lowest BCUT2D eigenvalue weighted by molar-refractivity contribution is 0.0832. The Morgan fingerprint density at radius 2 is 2.10 bits per heavy atom. The zero-order valence-electron chi connectivity index (χ0n) is 16.0. The number of amides is 1. The summed E-state index contributed by atoms with van der Waals surface area (Å²) in [5.74, 6) is -0.393. The van der Waals surface area contributed by atoms with Gasteiger partial charge in [0, 0.05) is 29.8 Å². The summed E-state index contributed by atoms with van der Waals surface area (Å²) < 4.78 is 13.2. The summed E-state index contributed by atoms with van der Waals surface area (Å²) in [5.41, 5.74) is 2.35. The van der Waals surface area contributed by atoms with E-state index in [1.54, 1.807) is 35.6 Å². The number of anilines is 2. The van der Waals surface area contributed by atoms with Gasteiger partial charge in [-0.05, 0) is 37.3 Å². The number of nitrogens with one attached hydrogen (secondary N) is 1. The topological polar surface area (TPSA) is 84.9 Å². The summed E-state index contributed by atoms with van der Waals surface area (Å²) in [6.45, 7) is 2.55. The highest BCUT2D eigenvalue weighted by molar-refractivity contribution is 7.17. The van der Waals surface area contributed by atoms with Gasteiger partial charge in [0.15, 0.2) is 11.2 Å². The molecule has 4 heterocycles. The molecule has 7 nitrogen and oxygen atoms in total. The van der Waals surface area contributed by atoms with Crippen molar-refractivity contribution in [2.75, 3.05) is 11.9 Å². The van der Waals surface area contributed by atoms with Crippen LogP contribution in [0.1, 0.15) is 16.7 Å². The quantitative estimate of drug-likeness (QED) is 0.514. The Kier molecular flexibility index (Phi) is 4.37. The molecule has 2 aromatic heterocycles. The summed E-state index contributed by atoms with van der Waals surface area (Å²) in [5, 5.41) is 12.8. The fourth-order valence-electron chi connectivity index (χ4n) is 4.02. The lowest BCUT2D eigenvalue weighted by Gasteiger charge is -2.20. The van der Waals surface area contributed by atoms with Gasteiger partial charge in [0.1, 0.15) is 5.82 Å². The van der Waals surface area contributed by atoms with Gasteiger partial charge < -0.3 is 15.1 Å². The van der Waals surface area contributed by atoms with Crippen molar-refractivity contribution < 1.29 is 9.18 Å². The van der Waals surface area contributed by atoms with Crippen molar-refractivity contribution in [3.63, 3.8) is 0 Å². The molecule has 0 bridgehead atoms. The fraction of sp³-hybridized carbons (Fsp3) is 0.238. The van der Waals surface area contributed by atoms with E-state index in [4.69, 9.17) is 5.26 Å². The highest BCUT2D eigenvalue weighted by Crippen LogP contribution is 2.42. The number of hydrogen-bond acceptors (Lipinski definition) is 7. The molecule has 3 aromatic rings. The maximum Gasteiger partial charge on any atom is 0.283 e. The number of carbonyl (C=O) groups is 1. The van der Waals surface area contributed by atoms with Crippen LogP contribution >= 0.6 is 11.3 Å². The molecule has 1 aromatic carbocycles. The van der Waals surface area contributed by atoms with E-state index in [9.17, 15) is 9.18 Å². The van der Waals surface area contributed by atoms with Gasteiger partial charge >= 0.3 is 0 Å². The molecule has 2 saturated heterocycles. The Morgan fingerprint density at radius 3 is 2.80 bits per heavy atom. The van der Waals surface area contributed by atoms with Crippen LogP contribution in [0.25, 0.3) is 10.4 Å². The monoisotopic (exact) mass is 420 g/mol. The number of thiazole rings is 1. The van der Waals surface area contributed by atoms with Crippen LogP contribution in [0.15, 0.2) is 48.9 Å². The van der Waals surface area contributed by atoms with E-state index < -0.39 is 0 Å². The highest BCUT2D eigenvalue weighted by Gasteiger charge is 2.61. The van der Waals surface area contributed by atoms with E-state index in [0.29, 0.717) is 11.6 Å². The third-order valence-corrected chi connectivity index (χ3v) is 6.63. The summed E-state index contributed by atoms with van der Waals surface area (Å²) in [4.78, 5) is 25.8. The second kappa shape index (κ2) is 7.07. The van der Waals surface area contributed by atoms with Gasteiger partial charge in [0.25, 0.3) is 5.91 Å². The van der Waals surface area contributed by atoms with E-state index in [1.807, 2.05) is 17.9 Å². The second-order valence-electron chi connectivity index (χ2n) is 7.35. The number of hydrogen-bond donors (Lipinski definition) is 1. The summed E-state index contributed by atoms with van der Waals surface area (Å²) >= 11 is 1.32. The van der Waals surface area contributed by atoms with Gasteiger partial charge in [-0.25, -0.2) is 9.37 Å². The Bertz CT molecular complexity index is 1160. The molecule has 3 atom stereocenters. The molecular formula is C21H17FN6OS. The molecule has 2 aliphatic rings. The molecular weight excluding hydrogens is 403 g/mol. The molecule has 1 N–H and O–H groups in total. The molecule has 0 radical (unpaired) electrons. The molecule has 0 aliphatic carbocycles. The van der Waals surface area contributed by atoms with Gasteiger partial charge in [0.2, 0.25) is 0 Å². The van der Waals surface area contributed by atoms with E-state index in [2.05, 4.69) is 21.5 Å². The normalized spacial score (nSPS) is 21.8. The molecule has 2 aliphatic heterocycles. The summed E-state index contributed by atoms with van der Waals surface area (Å²) in [6.07, 6.45) is 7.24. The standard InChI is InChI=1S/C21H17FN6OS/c1-12-19-17(10-27(12)11-23)28(19)21(29)20-25-9-18(30-20)15-8-24-7-6-16(15)26-14-4-2-13(22)3-5-14/h2-9,12,17,19H,10H2,1H3,(H,24,26)/t12?,17?,19-,28?/m0/s1. The van der Waals surface area contributed by atoms with Crippen molar-refractivity contribution in [1.82, 2.24) is 19.8 Å². The molecule has 5 rings (SSSR count). The van der Waals surface area contributed by atoms with Gasteiger partial charge in [-0.1, -0.05) is 0 Å². The van der Waals surface area contributed by atoms with E-state index in [-0.39, 0.29) is 29.8 Å². The number of fused-ring (bicyclic) bond motifs is 1. The maximum absolute atomic E-state index is 13.2. The van der Waals surface area contributed by atoms with Crippen LogP contribution in [0.3, 0.4) is 0 Å². The number of pyridine rings is 1. The molecule has 0 spiro atoms. The third kappa shape index (κ3) is 3.06. The summed E-state index contributed by atoms with van der Waals surface area (Å²) in [6, 6.07) is 8.13. The zero-order valence-corrected chi connectivity index (χ0v) is 16.8. The van der Waals surface area contributed by atoms with Crippen molar-refractivity contribution in [2.45, 2.75) is 25.0 Å². The number of halogens is 1. The Labute approximate surface area is 176 Å². The van der Waals surface area contributed by atoms with Crippen LogP contribution < -0.4 is 5.32 Å². The number of nitrogens with zero attached hydrogens (tertiary/aromatic N) is 5. The first-order chi connectivity index (χ1) is 14.6. The number of nitriles is 1. The number of piperazine rings is 1. The highest BCUT2D eigenvalue weighted by atomic mass is 32.1. The third-order valence-electron chi connectivity index (χ3n) is 5.61. The van der Waals surface area contributed by atoms with Gasteiger partial charge in [0.05, 0.1) is 35.2 Å². The van der Waals surface area contributed by atoms with Crippen molar-refractivity contribution in [3.05, 3.63) is 59.7 Å². The molecule has 1 amide bonds. The minimum absolute atomic E-state index is 0.0354. The fourth-order valence-corrected chi connectivity index (χ4v) is 4.90. The lowest BCUT2D eigenvalue weighted by atomic mass is 10.2. The van der Waals surface area contributed by atoms with Crippen molar-refractivity contribution >= 4 is 28.6 Å². The number of rotatable bonds is 4. The van der Waals surface area contributed by atoms with Gasteiger partial charge in [-0.2, -0.15) is 5.26 Å². The van der Waals surface area contributed by atoms with Crippen LogP contribution in [0, 0.1) is 17.3 Å². The Morgan fingerprint density at radius 1 is 1.30 bits per heavy atom. The predicted octanol–water partition coefficient (Wildman–Crippen LogP) is 3.47. The average Bonchev–Trinajstić information content (AvgIpc) is 3.08. The molecule has 2 fully saturated rings. The van der Waals surface area contributed by atoms with Crippen LogP contribution in [-0.4, -0.2) is 50.3 Å². The predicted molar refractivity (Wildman–Crippen MR) is 111 cm³/mol. The zero-order chi connectivity index (χ0) is 20.8. The van der Waals surface area contributed by atoms with Crippen molar-refractivity contribution in [2.24, 2.45) is 0 Å². The van der Waals surface area contributed by atoms with Crippen molar-refractivity contribution in [1.29, 1.82) is 5.26 Å². The maximum atomic E-state index is 13.2. The van der Waals surface area contributed by atoms with E-state index in [0.717, 1.165) is 21.8 Å². The molecule has 2 unspecified atom stereocenters. The lowest BCUT2D eigenvalue weighted by Crippen LogP contribution is -2.35. The van der Waals surface area contributed by atoms with Crippen molar-refractivity contribution in [3.8, 4) is 16.6 Å². The minimum Gasteiger partial charge on any atom is -0.355 e. The molecule has 150 valence electrons. The number of aromatic nitrogens is 2. The number of likely N-dealkylation sites (tertiary alicyclic amines) is 1. The summed E-state index contributed by atoms with van der Waals surface area (Å²) in [7, 11) is 0. The number of benzene rings is 1. The van der Waals surface area contributed by atoms with Crippen LogP contribution in [0.2, 0.25) is 0 Å². The SMILES string of the molecule is CC1[C@H]2C(CN1C#N)N2C(=O)c1ncc(-c2cnccc2Nc2ccc(F)cc2)s1. The smallest absolute Gasteiger partial charge is 0.283 e. The Hall–Kier alpha value is -3.51. The molecule has 30 heavy (non-hydrogen) atoms. The van der Waals surface area contributed by atoms with Crippen LogP contribution in [-0.2, 0) is 0 Å². The largest absolute Gasteiger partial charge is 0.355 e. The van der Waals surface area contributed by atoms with Gasteiger partial charge in [-0.15, -0.1) is 11.3 Å². The average molecular weight is 420 g/mol. The number of carbonyl (C=O) groups excluding carboxylic acids is 1. The first-order valence-corrected chi connectivity index (χ1v) is 10.3. The van der Waals surface area contributed by atoms with E-state index in [1.165, 1.54) is 23.5 Å². The first kappa shape index (κ1) is 18.5. The Balaban J connectivity index is 1.36. The molecule has 9 heteroatoms. The van der Waals surface area contributed by atoms with E-state index >= 15 is 0 Å². The molecule has 0 saturated carbocycles. The van der Waals surface area contributed by atoms with Gasteiger partial charge in [-0.3, -0.25) is 9.78 Å². The first-order valence-electron chi connectivity index (χ1n) is 9.48.